The van der Waals surface area contributed by atoms with Gasteiger partial charge in [-0.2, -0.15) is 0 Å². The summed E-state index contributed by atoms with van der Waals surface area (Å²) in [5, 5.41) is 3.34. The molecule has 19 heavy (non-hydrogen) atoms. The number of amides is 1. The largest absolute Gasteiger partial charge is 0.325 e. The van der Waals surface area contributed by atoms with Crippen LogP contribution >= 0.6 is 0 Å². The van der Waals surface area contributed by atoms with Crippen molar-refractivity contribution in [2.75, 3.05) is 18.6 Å². The molecule has 1 saturated heterocycles. The van der Waals surface area contributed by atoms with Crippen LogP contribution in [-0.4, -0.2) is 50.0 Å². The number of sulfone groups is 1. The van der Waals surface area contributed by atoms with Gasteiger partial charge in [0.25, 0.3) is 0 Å². The topological polar surface area (TPSA) is 66.5 Å². The second-order valence-electron chi connectivity index (χ2n) is 5.81. The monoisotopic (exact) mass is 290 g/mol. The molecule has 1 N–H and O–H groups in total. The van der Waals surface area contributed by atoms with E-state index in [-0.39, 0.29) is 23.9 Å². The van der Waals surface area contributed by atoms with E-state index in [0.717, 1.165) is 19.3 Å². The Labute approximate surface area is 116 Å². The van der Waals surface area contributed by atoms with E-state index in [4.69, 9.17) is 0 Å². The molecule has 112 valence electrons. The minimum absolute atomic E-state index is 0.0111. The molecule has 0 bridgehead atoms. The van der Waals surface area contributed by atoms with Crippen molar-refractivity contribution in [2.45, 2.75) is 52.2 Å². The lowest BCUT2D eigenvalue weighted by Crippen LogP contribution is -2.40. The SMILES string of the molecule is CCCC1NC(CC(C)C)C(=O)N1CCS(C)(=O)=O. The average Bonchev–Trinajstić information content (AvgIpc) is 2.52. The first kappa shape index (κ1) is 16.4. The second-order valence-corrected chi connectivity index (χ2v) is 8.07. The molecule has 1 rings (SSSR count). The number of carbonyl (C=O) groups excluding carboxylic acids is 1. The van der Waals surface area contributed by atoms with Crippen molar-refractivity contribution in [1.82, 2.24) is 10.2 Å². The fourth-order valence-electron chi connectivity index (χ4n) is 2.43. The molecule has 0 aromatic heterocycles. The minimum atomic E-state index is -3.04. The Kier molecular flexibility index (Phi) is 5.80. The molecule has 5 nitrogen and oxygen atoms in total. The van der Waals surface area contributed by atoms with Gasteiger partial charge < -0.3 is 4.90 Å². The van der Waals surface area contributed by atoms with Gasteiger partial charge in [-0.3, -0.25) is 10.1 Å². The van der Waals surface area contributed by atoms with Crippen LogP contribution < -0.4 is 5.32 Å². The Hall–Kier alpha value is -0.620. The summed E-state index contributed by atoms with van der Waals surface area (Å²) in [6.07, 6.45) is 3.83. The van der Waals surface area contributed by atoms with Crippen molar-refractivity contribution in [3.63, 3.8) is 0 Å². The number of hydrogen-bond acceptors (Lipinski definition) is 4. The molecule has 1 aliphatic heterocycles. The molecule has 0 aromatic rings. The Morgan fingerprint density at radius 1 is 1.37 bits per heavy atom. The van der Waals surface area contributed by atoms with Gasteiger partial charge in [-0.05, 0) is 18.8 Å². The summed E-state index contributed by atoms with van der Waals surface area (Å²) in [6.45, 7) is 6.53. The summed E-state index contributed by atoms with van der Waals surface area (Å²) < 4.78 is 22.5. The number of rotatable bonds is 7. The van der Waals surface area contributed by atoms with Gasteiger partial charge in [0.15, 0.2) is 0 Å². The summed E-state index contributed by atoms with van der Waals surface area (Å²) in [4.78, 5) is 14.0. The van der Waals surface area contributed by atoms with Crippen molar-refractivity contribution < 1.29 is 13.2 Å². The van der Waals surface area contributed by atoms with Crippen molar-refractivity contribution >= 4 is 15.7 Å². The predicted molar refractivity (Wildman–Crippen MR) is 76.5 cm³/mol. The number of nitrogens with one attached hydrogen (secondary N) is 1. The molecule has 2 unspecified atom stereocenters. The molecule has 0 saturated carbocycles. The van der Waals surface area contributed by atoms with Crippen LogP contribution in [0.2, 0.25) is 0 Å². The van der Waals surface area contributed by atoms with E-state index >= 15 is 0 Å². The Morgan fingerprint density at radius 3 is 2.47 bits per heavy atom. The number of carbonyl (C=O) groups is 1. The lowest BCUT2D eigenvalue weighted by atomic mass is 10.0. The van der Waals surface area contributed by atoms with Crippen LogP contribution in [0.3, 0.4) is 0 Å². The highest BCUT2D eigenvalue weighted by Crippen LogP contribution is 2.19. The zero-order chi connectivity index (χ0) is 14.6. The molecule has 6 heteroatoms. The van der Waals surface area contributed by atoms with Gasteiger partial charge in [0, 0.05) is 12.8 Å². The number of hydrogen-bond donors (Lipinski definition) is 1. The minimum Gasteiger partial charge on any atom is -0.325 e. The van der Waals surface area contributed by atoms with E-state index < -0.39 is 9.84 Å². The van der Waals surface area contributed by atoms with E-state index in [1.165, 1.54) is 6.26 Å². The molecular weight excluding hydrogens is 264 g/mol. The zero-order valence-corrected chi connectivity index (χ0v) is 13.2. The highest BCUT2D eigenvalue weighted by Gasteiger charge is 2.38. The van der Waals surface area contributed by atoms with E-state index in [1.54, 1.807) is 4.90 Å². The van der Waals surface area contributed by atoms with E-state index in [0.29, 0.717) is 12.5 Å². The highest BCUT2D eigenvalue weighted by molar-refractivity contribution is 7.90. The third-order valence-electron chi connectivity index (χ3n) is 3.32. The molecule has 1 amide bonds. The number of nitrogens with zero attached hydrogens (tertiary/aromatic N) is 1. The van der Waals surface area contributed by atoms with Crippen LogP contribution in [-0.2, 0) is 14.6 Å². The van der Waals surface area contributed by atoms with Crippen molar-refractivity contribution in [2.24, 2.45) is 5.92 Å². The first-order valence-corrected chi connectivity index (χ1v) is 9.05. The standard InChI is InChI=1S/C13H26N2O3S/c1-5-6-12-14-11(9-10(2)3)13(16)15(12)7-8-19(4,17)18/h10-12,14H,5-9H2,1-4H3. The molecule has 0 aromatic carbocycles. The first-order valence-electron chi connectivity index (χ1n) is 6.98. The molecule has 1 heterocycles. The molecule has 1 fully saturated rings. The quantitative estimate of drug-likeness (QED) is 0.760. The maximum absolute atomic E-state index is 12.3. The smallest absolute Gasteiger partial charge is 0.241 e. The van der Waals surface area contributed by atoms with Gasteiger partial charge in [0.05, 0.1) is 18.0 Å². The van der Waals surface area contributed by atoms with Gasteiger partial charge in [-0.25, -0.2) is 8.42 Å². The summed E-state index contributed by atoms with van der Waals surface area (Å²) >= 11 is 0. The predicted octanol–water partition coefficient (Wildman–Crippen LogP) is 1.00. The van der Waals surface area contributed by atoms with E-state index in [9.17, 15) is 13.2 Å². The van der Waals surface area contributed by atoms with Gasteiger partial charge in [-0.1, -0.05) is 27.2 Å². The Morgan fingerprint density at radius 2 is 2.00 bits per heavy atom. The third-order valence-corrected chi connectivity index (χ3v) is 4.25. The van der Waals surface area contributed by atoms with Crippen LogP contribution in [0.1, 0.15) is 40.0 Å². The maximum atomic E-state index is 12.3. The summed E-state index contributed by atoms with van der Waals surface area (Å²) in [6, 6.07) is -0.156. The maximum Gasteiger partial charge on any atom is 0.241 e. The Balaban J connectivity index is 2.71. The van der Waals surface area contributed by atoms with Crippen LogP contribution in [0.4, 0.5) is 0 Å². The lowest BCUT2D eigenvalue weighted by Gasteiger charge is -2.23. The van der Waals surface area contributed by atoms with Crippen LogP contribution in [0, 0.1) is 5.92 Å². The molecule has 0 aliphatic carbocycles. The van der Waals surface area contributed by atoms with Crippen molar-refractivity contribution in [3.8, 4) is 0 Å². The highest BCUT2D eigenvalue weighted by atomic mass is 32.2. The lowest BCUT2D eigenvalue weighted by molar-refractivity contribution is -0.130. The average molecular weight is 290 g/mol. The molecule has 0 radical (unpaired) electrons. The zero-order valence-electron chi connectivity index (χ0n) is 12.3. The molecule has 1 aliphatic rings. The fourth-order valence-corrected chi connectivity index (χ4v) is 2.96. The molecule has 2 atom stereocenters. The van der Waals surface area contributed by atoms with Crippen molar-refractivity contribution in [3.05, 3.63) is 0 Å². The van der Waals surface area contributed by atoms with E-state index in [2.05, 4.69) is 26.1 Å². The van der Waals surface area contributed by atoms with Crippen LogP contribution in [0.25, 0.3) is 0 Å². The first-order chi connectivity index (χ1) is 8.74. The van der Waals surface area contributed by atoms with Gasteiger partial charge in [0.2, 0.25) is 5.91 Å². The normalized spacial score (nSPS) is 24.5. The van der Waals surface area contributed by atoms with Gasteiger partial charge >= 0.3 is 0 Å². The third kappa shape index (κ3) is 5.10. The summed E-state index contributed by atoms with van der Waals surface area (Å²) in [5.41, 5.74) is 0. The van der Waals surface area contributed by atoms with Crippen LogP contribution in [0.5, 0.6) is 0 Å². The summed E-state index contributed by atoms with van der Waals surface area (Å²) in [5.74, 6) is 0.532. The summed E-state index contributed by atoms with van der Waals surface area (Å²) in [7, 11) is -3.04. The van der Waals surface area contributed by atoms with E-state index in [1.807, 2.05) is 0 Å². The fraction of sp³-hybridized carbons (Fsp3) is 0.923. The Bertz CT molecular complexity index is 406. The molecule has 0 spiro atoms. The second kappa shape index (κ2) is 6.70. The van der Waals surface area contributed by atoms with Gasteiger partial charge in [-0.15, -0.1) is 0 Å². The van der Waals surface area contributed by atoms with Gasteiger partial charge in [0.1, 0.15) is 9.84 Å². The van der Waals surface area contributed by atoms with Crippen molar-refractivity contribution in [1.29, 1.82) is 0 Å². The molecular formula is C13H26N2O3S. The van der Waals surface area contributed by atoms with Crippen LogP contribution in [0.15, 0.2) is 0 Å².